The number of amides is 2. The molecule has 4 heteroatoms. The molecule has 0 aromatic rings. The molecule has 0 aliphatic heterocycles. The third-order valence-electron chi connectivity index (χ3n) is 2.23. The molecule has 1 saturated carbocycles. The van der Waals surface area contributed by atoms with Crippen LogP contribution in [0.1, 0.15) is 25.7 Å². The van der Waals surface area contributed by atoms with Crippen LogP contribution in [0.2, 0.25) is 0 Å². The van der Waals surface area contributed by atoms with Crippen LogP contribution in [0.5, 0.6) is 0 Å². The van der Waals surface area contributed by atoms with Gasteiger partial charge in [-0.05, 0) is 12.8 Å². The van der Waals surface area contributed by atoms with Gasteiger partial charge in [-0.1, -0.05) is 12.8 Å². The van der Waals surface area contributed by atoms with E-state index in [1.54, 1.807) is 0 Å². The summed E-state index contributed by atoms with van der Waals surface area (Å²) < 4.78 is 13.1. The van der Waals surface area contributed by atoms with Gasteiger partial charge in [-0.25, -0.2) is 9.18 Å². The first-order chi connectivity index (χ1) is 5.74. The highest BCUT2D eigenvalue weighted by molar-refractivity contribution is 5.73. The summed E-state index contributed by atoms with van der Waals surface area (Å²) in [7, 11) is 1.53. The first-order valence-corrected chi connectivity index (χ1v) is 4.36. The lowest BCUT2D eigenvalue weighted by molar-refractivity contribution is 0.184. The van der Waals surface area contributed by atoms with Crippen molar-refractivity contribution in [2.45, 2.75) is 37.9 Å². The lowest BCUT2D eigenvalue weighted by Crippen LogP contribution is -2.46. The molecule has 0 bridgehead atoms. The molecule has 70 valence electrons. The molecule has 1 fully saturated rings. The van der Waals surface area contributed by atoms with Gasteiger partial charge < -0.3 is 10.6 Å². The van der Waals surface area contributed by atoms with Crippen LogP contribution in [0.3, 0.4) is 0 Å². The minimum Gasteiger partial charge on any atom is -0.341 e. The maximum atomic E-state index is 13.1. The summed E-state index contributed by atoms with van der Waals surface area (Å²) in [5.41, 5.74) is 0. The van der Waals surface area contributed by atoms with Gasteiger partial charge in [0.25, 0.3) is 0 Å². The Kier molecular flexibility index (Phi) is 3.31. The van der Waals surface area contributed by atoms with Crippen molar-refractivity contribution in [1.82, 2.24) is 10.6 Å². The van der Waals surface area contributed by atoms with E-state index in [-0.39, 0.29) is 12.1 Å². The molecule has 12 heavy (non-hydrogen) atoms. The standard InChI is InChI=1S/C8H15FN2O/c1-10-8(12)11-7-5-3-2-4-6(7)9/h6-7H,2-5H2,1H3,(H2,10,11,12)/t6-,7-/m1/s1. The summed E-state index contributed by atoms with van der Waals surface area (Å²) in [4.78, 5) is 10.8. The predicted octanol–water partition coefficient (Wildman–Crippen LogP) is 1.20. The third-order valence-corrected chi connectivity index (χ3v) is 2.23. The smallest absolute Gasteiger partial charge is 0.314 e. The highest BCUT2D eigenvalue weighted by Crippen LogP contribution is 2.20. The Hall–Kier alpha value is -0.800. The van der Waals surface area contributed by atoms with Gasteiger partial charge in [0.2, 0.25) is 0 Å². The number of hydrogen-bond donors (Lipinski definition) is 2. The van der Waals surface area contributed by atoms with Gasteiger partial charge in [0, 0.05) is 7.05 Å². The van der Waals surface area contributed by atoms with Crippen LogP contribution >= 0.6 is 0 Å². The van der Waals surface area contributed by atoms with Gasteiger partial charge >= 0.3 is 6.03 Å². The van der Waals surface area contributed by atoms with Gasteiger partial charge in [0.1, 0.15) is 6.17 Å². The maximum absolute atomic E-state index is 13.1. The average molecular weight is 174 g/mol. The average Bonchev–Trinajstić information content (AvgIpc) is 2.09. The number of alkyl halides is 1. The van der Waals surface area contributed by atoms with Crippen molar-refractivity contribution in [3.63, 3.8) is 0 Å². The zero-order chi connectivity index (χ0) is 8.97. The van der Waals surface area contributed by atoms with Crippen molar-refractivity contribution in [2.24, 2.45) is 0 Å². The molecular formula is C8H15FN2O. The molecule has 0 aromatic heterocycles. The first-order valence-electron chi connectivity index (χ1n) is 4.36. The maximum Gasteiger partial charge on any atom is 0.314 e. The topological polar surface area (TPSA) is 41.1 Å². The number of carbonyl (C=O) groups excluding carboxylic acids is 1. The van der Waals surface area contributed by atoms with Crippen LogP contribution < -0.4 is 10.6 Å². The number of nitrogens with one attached hydrogen (secondary N) is 2. The third kappa shape index (κ3) is 2.36. The van der Waals surface area contributed by atoms with E-state index < -0.39 is 6.17 Å². The molecule has 0 spiro atoms. The minimum atomic E-state index is -0.865. The molecule has 3 nitrogen and oxygen atoms in total. The van der Waals surface area contributed by atoms with E-state index in [9.17, 15) is 9.18 Å². The fraction of sp³-hybridized carbons (Fsp3) is 0.875. The van der Waals surface area contributed by atoms with E-state index in [0.717, 1.165) is 19.3 Å². The zero-order valence-electron chi connectivity index (χ0n) is 7.27. The Bertz CT molecular complexity index is 163. The SMILES string of the molecule is CNC(=O)N[C@@H]1CCCC[C@H]1F. The van der Waals surface area contributed by atoms with Crippen molar-refractivity contribution in [3.05, 3.63) is 0 Å². The highest BCUT2D eigenvalue weighted by Gasteiger charge is 2.25. The van der Waals surface area contributed by atoms with E-state index in [1.807, 2.05) is 0 Å². The number of rotatable bonds is 1. The van der Waals surface area contributed by atoms with Crippen LogP contribution in [0.25, 0.3) is 0 Å². The summed E-state index contributed by atoms with van der Waals surface area (Å²) in [6.07, 6.45) is 2.42. The molecule has 2 amide bonds. The van der Waals surface area contributed by atoms with Gasteiger partial charge in [-0.2, -0.15) is 0 Å². The molecule has 0 unspecified atom stereocenters. The molecule has 1 aliphatic carbocycles. The van der Waals surface area contributed by atoms with E-state index in [4.69, 9.17) is 0 Å². The number of carbonyl (C=O) groups is 1. The van der Waals surface area contributed by atoms with Gasteiger partial charge in [-0.3, -0.25) is 0 Å². The number of hydrogen-bond acceptors (Lipinski definition) is 1. The predicted molar refractivity (Wildman–Crippen MR) is 44.7 cm³/mol. The molecule has 2 atom stereocenters. The van der Waals surface area contributed by atoms with Crippen LogP contribution in [0.15, 0.2) is 0 Å². The van der Waals surface area contributed by atoms with Crippen molar-refractivity contribution in [2.75, 3.05) is 7.05 Å². The fourth-order valence-corrected chi connectivity index (χ4v) is 1.49. The number of urea groups is 1. The Morgan fingerprint density at radius 1 is 1.42 bits per heavy atom. The van der Waals surface area contributed by atoms with Crippen LogP contribution in [0.4, 0.5) is 9.18 Å². The van der Waals surface area contributed by atoms with E-state index in [1.165, 1.54) is 7.05 Å². The second-order valence-corrected chi connectivity index (χ2v) is 3.13. The largest absolute Gasteiger partial charge is 0.341 e. The van der Waals surface area contributed by atoms with Gasteiger partial charge in [0.05, 0.1) is 6.04 Å². The second kappa shape index (κ2) is 4.28. The molecule has 1 aliphatic rings. The van der Waals surface area contributed by atoms with Crippen molar-refractivity contribution < 1.29 is 9.18 Å². The van der Waals surface area contributed by atoms with Gasteiger partial charge in [-0.15, -0.1) is 0 Å². The zero-order valence-corrected chi connectivity index (χ0v) is 7.27. The summed E-state index contributed by atoms with van der Waals surface area (Å²) in [5.74, 6) is 0. The van der Waals surface area contributed by atoms with E-state index >= 15 is 0 Å². The normalized spacial score (nSPS) is 29.5. The molecule has 0 radical (unpaired) electrons. The summed E-state index contributed by atoms with van der Waals surface area (Å²) in [6.45, 7) is 0. The van der Waals surface area contributed by atoms with Gasteiger partial charge in [0.15, 0.2) is 0 Å². The summed E-state index contributed by atoms with van der Waals surface area (Å²) >= 11 is 0. The van der Waals surface area contributed by atoms with Crippen LogP contribution in [0, 0.1) is 0 Å². The molecule has 0 saturated heterocycles. The second-order valence-electron chi connectivity index (χ2n) is 3.13. The number of halogens is 1. The highest BCUT2D eigenvalue weighted by atomic mass is 19.1. The fourth-order valence-electron chi connectivity index (χ4n) is 1.49. The quantitative estimate of drug-likeness (QED) is 0.616. The van der Waals surface area contributed by atoms with Crippen LogP contribution in [-0.4, -0.2) is 25.3 Å². The minimum absolute atomic E-state index is 0.279. The summed E-state index contributed by atoms with van der Waals surface area (Å²) in [5, 5.41) is 5.01. The Labute approximate surface area is 71.7 Å². The Morgan fingerprint density at radius 2 is 2.08 bits per heavy atom. The van der Waals surface area contributed by atoms with Crippen molar-refractivity contribution in [3.8, 4) is 0 Å². The molecule has 2 N–H and O–H groups in total. The van der Waals surface area contributed by atoms with E-state index in [0.29, 0.717) is 6.42 Å². The lowest BCUT2D eigenvalue weighted by atomic mass is 9.94. The lowest BCUT2D eigenvalue weighted by Gasteiger charge is -2.26. The Balaban J connectivity index is 2.33. The van der Waals surface area contributed by atoms with Crippen molar-refractivity contribution in [1.29, 1.82) is 0 Å². The molecule has 1 rings (SSSR count). The van der Waals surface area contributed by atoms with E-state index in [2.05, 4.69) is 10.6 Å². The molecule has 0 heterocycles. The molecule has 0 aromatic carbocycles. The Morgan fingerprint density at radius 3 is 2.67 bits per heavy atom. The van der Waals surface area contributed by atoms with Crippen molar-refractivity contribution >= 4 is 6.03 Å². The first kappa shape index (κ1) is 9.29. The monoisotopic (exact) mass is 174 g/mol. The summed E-state index contributed by atoms with van der Waals surface area (Å²) in [6, 6.07) is -0.566. The van der Waals surface area contributed by atoms with Crippen LogP contribution in [-0.2, 0) is 0 Å². The molecular weight excluding hydrogens is 159 g/mol.